The number of amides is 2. The van der Waals surface area contributed by atoms with Crippen LogP contribution in [0.3, 0.4) is 0 Å². The van der Waals surface area contributed by atoms with Gasteiger partial charge in [0, 0.05) is 12.8 Å². The molecule has 2 amide bonds. The number of halogens is 1. The van der Waals surface area contributed by atoms with E-state index < -0.39 is 50.5 Å². The van der Waals surface area contributed by atoms with Crippen molar-refractivity contribution in [2.75, 3.05) is 6.26 Å². The Morgan fingerprint density at radius 1 is 1.08 bits per heavy atom. The molecule has 1 heterocycles. The topological polar surface area (TPSA) is 179 Å². The Balaban J connectivity index is 1.92. The average molecular weight is 533 g/mol. The number of hydrogen-bond donors (Lipinski definition) is 5. The molecular weight excluding hydrogens is 507 g/mol. The van der Waals surface area contributed by atoms with Crippen LogP contribution in [0.5, 0.6) is 11.6 Å². The van der Waals surface area contributed by atoms with Crippen molar-refractivity contribution in [1.82, 2.24) is 20.6 Å². The molecule has 1 aromatic heterocycles. The Labute approximate surface area is 212 Å². The van der Waals surface area contributed by atoms with Crippen LogP contribution in [0.25, 0.3) is 0 Å². The smallest absolute Gasteiger partial charge is 0.405 e. The van der Waals surface area contributed by atoms with E-state index in [1.54, 1.807) is 0 Å². The molecular formula is C24H25FN4O7S. The molecule has 1 atom stereocenters. The maximum atomic E-state index is 13.6. The summed E-state index contributed by atoms with van der Waals surface area (Å²) < 4.78 is 37.6. The van der Waals surface area contributed by atoms with Gasteiger partial charge >= 0.3 is 6.09 Å². The number of aromatic nitrogens is 2. The molecule has 11 nitrogen and oxygen atoms in total. The minimum absolute atomic E-state index is 0.0792. The summed E-state index contributed by atoms with van der Waals surface area (Å²) in [7, 11) is -3.82. The van der Waals surface area contributed by atoms with Gasteiger partial charge in [0.1, 0.15) is 11.4 Å². The second-order valence-corrected chi connectivity index (χ2v) is 10.5. The average Bonchev–Trinajstić information content (AvgIpc) is 2.83. The third kappa shape index (κ3) is 6.70. The zero-order chi connectivity index (χ0) is 27.4. The first-order chi connectivity index (χ1) is 17.3. The maximum absolute atomic E-state index is 13.6. The highest BCUT2D eigenvalue weighted by atomic mass is 32.2. The number of aryl methyl sites for hydroxylation is 1. The number of nitrogens with zero attached hydrogens (tertiary/aromatic N) is 2. The molecule has 37 heavy (non-hydrogen) atoms. The number of carbonyl (C=O) groups is 2. The van der Waals surface area contributed by atoms with Gasteiger partial charge < -0.3 is 26.0 Å². The van der Waals surface area contributed by atoms with Crippen LogP contribution >= 0.6 is 0 Å². The second-order valence-electron chi connectivity index (χ2n) is 8.52. The Morgan fingerprint density at radius 3 is 2.38 bits per heavy atom. The Morgan fingerprint density at radius 2 is 1.76 bits per heavy atom. The summed E-state index contributed by atoms with van der Waals surface area (Å²) in [4.78, 5) is 31.9. The van der Waals surface area contributed by atoms with E-state index in [0.717, 1.165) is 24.0 Å². The van der Waals surface area contributed by atoms with Gasteiger partial charge in [-0.05, 0) is 43.0 Å². The maximum Gasteiger partial charge on any atom is 0.405 e. The number of carboxylic acid groups (broad SMARTS) is 1. The van der Waals surface area contributed by atoms with Crippen LogP contribution in [-0.2, 0) is 28.3 Å². The number of rotatable bonds is 9. The molecule has 0 aliphatic rings. The number of hydrogen-bond acceptors (Lipinski definition) is 8. The Hall–Kier alpha value is -4.26. The van der Waals surface area contributed by atoms with Gasteiger partial charge in [0.15, 0.2) is 21.4 Å². The lowest BCUT2D eigenvalue weighted by atomic mass is 9.92. The number of nitrogens with one attached hydrogen (secondary N) is 2. The van der Waals surface area contributed by atoms with E-state index in [2.05, 4.69) is 20.6 Å². The molecule has 0 fully saturated rings. The fourth-order valence-corrected chi connectivity index (χ4v) is 4.58. The van der Waals surface area contributed by atoms with Gasteiger partial charge in [0.05, 0.1) is 4.90 Å². The largest absolute Gasteiger partial charge is 0.501 e. The van der Waals surface area contributed by atoms with E-state index in [4.69, 9.17) is 0 Å². The van der Waals surface area contributed by atoms with Crippen LogP contribution in [0.15, 0.2) is 53.4 Å². The lowest BCUT2D eigenvalue weighted by Crippen LogP contribution is -2.45. The highest BCUT2D eigenvalue weighted by Crippen LogP contribution is 2.31. The highest BCUT2D eigenvalue weighted by Gasteiger charge is 2.34. The molecule has 0 aliphatic carbocycles. The van der Waals surface area contributed by atoms with Gasteiger partial charge in [-0.3, -0.25) is 4.79 Å². The van der Waals surface area contributed by atoms with Crippen molar-refractivity contribution >= 4 is 21.8 Å². The zero-order valence-corrected chi connectivity index (χ0v) is 20.7. The molecule has 0 saturated heterocycles. The van der Waals surface area contributed by atoms with Crippen LogP contribution in [0.2, 0.25) is 0 Å². The van der Waals surface area contributed by atoms with Gasteiger partial charge in [-0.1, -0.05) is 36.4 Å². The monoisotopic (exact) mass is 532 g/mol. The zero-order valence-electron chi connectivity index (χ0n) is 19.9. The van der Waals surface area contributed by atoms with Crippen LogP contribution in [0.4, 0.5) is 9.18 Å². The summed E-state index contributed by atoms with van der Waals surface area (Å²) >= 11 is 0. The second kappa shape index (κ2) is 10.8. The van der Waals surface area contributed by atoms with E-state index in [0.29, 0.717) is 6.42 Å². The van der Waals surface area contributed by atoms with Crippen molar-refractivity contribution in [1.29, 1.82) is 0 Å². The minimum Gasteiger partial charge on any atom is -0.501 e. The lowest BCUT2D eigenvalue weighted by Gasteiger charge is -2.28. The van der Waals surface area contributed by atoms with E-state index >= 15 is 0 Å². The third-order valence-corrected chi connectivity index (χ3v) is 6.76. The molecule has 196 valence electrons. The molecule has 3 aromatic rings. The van der Waals surface area contributed by atoms with Gasteiger partial charge in [-0.2, -0.15) is 4.98 Å². The SMILES string of the molecule is CC(CCc1ccccc1)(NC(=O)O)c1nc(O)c(O)c(C(=O)NCc2ccc(F)cc2S(C)(=O)=O)n1. The summed E-state index contributed by atoms with van der Waals surface area (Å²) in [5.74, 6) is -3.97. The normalized spacial score (nSPS) is 12.9. The van der Waals surface area contributed by atoms with E-state index in [1.807, 2.05) is 30.3 Å². The highest BCUT2D eigenvalue weighted by molar-refractivity contribution is 7.90. The van der Waals surface area contributed by atoms with Crippen molar-refractivity contribution in [2.45, 2.75) is 36.7 Å². The van der Waals surface area contributed by atoms with Crippen molar-refractivity contribution < 1.29 is 37.7 Å². The first-order valence-corrected chi connectivity index (χ1v) is 12.8. The van der Waals surface area contributed by atoms with Gasteiger partial charge in [0.25, 0.3) is 11.8 Å². The van der Waals surface area contributed by atoms with Crippen LogP contribution in [0.1, 0.15) is 40.8 Å². The number of benzene rings is 2. The van der Waals surface area contributed by atoms with Gasteiger partial charge in [-0.25, -0.2) is 22.6 Å². The number of carbonyl (C=O) groups excluding carboxylic acids is 1. The molecule has 1 unspecified atom stereocenters. The van der Waals surface area contributed by atoms with Gasteiger partial charge in [0.2, 0.25) is 5.75 Å². The first kappa shape index (κ1) is 27.3. The predicted octanol–water partition coefficient (Wildman–Crippen LogP) is 2.48. The van der Waals surface area contributed by atoms with E-state index in [9.17, 15) is 37.7 Å². The predicted molar refractivity (Wildman–Crippen MR) is 129 cm³/mol. The lowest BCUT2D eigenvalue weighted by molar-refractivity contribution is 0.0940. The number of sulfone groups is 1. The van der Waals surface area contributed by atoms with Gasteiger partial charge in [-0.15, -0.1) is 0 Å². The third-order valence-electron chi connectivity index (χ3n) is 5.58. The standard InChI is InChI=1S/C24H25FN4O7S/c1-24(29-23(33)34,11-10-14-6-4-3-5-7-14)22-27-18(19(30)21(32)28-22)20(31)26-13-15-8-9-16(25)12-17(15)37(2,35)36/h3-9,12,29-30H,10-11,13H2,1-2H3,(H,26,31)(H,33,34)(H,27,28,32). The van der Waals surface area contributed by atoms with E-state index in [1.165, 1.54) is 13.0 Å². The summed E-state index contributed by atoms with van der Waals surface area (Å²) in [5.41, 5.74) is -1.16. The van der Waals surface area contributed by atoms with Crippen LogP contribution in [0, 0.1) is 5.82 Å². The Bertz CT molecular complexity index is 1430. The molecule has 0 bridgehead atoms. The molecule has 0 radical (unpaired) electrons. The Kier molecular flexibility index (Phi) is 7.96. The quantitative estimate of drug-likeness (QED) is 0.277. The molecule has 0 spiro atoms. The first-order valence-electron chi connectivity index (χ1n) is 10.9. The molecule has 0 saturated carbocycles. The number of aromatic hydroxyl groups is 2. The molecule has 5 N–H and O–H groups in total. The van der Waals surface area contributed by atoms with Crippen molar-refractivity contribution in [2.24, 2.45) is 0 Å². The van der Waals surface area contributed by atoms with Crippen LogP contribution in [-0.4, -0.2) is 52.0 Å². The fourth-order valence-electron chi connectivity index (χ4n) is 3.63. The molecule has 2 aromatic carbocycles. The van der Waals surface area contributed by atoms with Crippen molar-refractivity contribution in [3.05, 3.63) is 77.0 Å². The summed E-state index contributed by atoms with van der Waals surface area (Å²) in [6.45, 7) is 1.09. The summed E-state index contributed by atoms with van der Waals surface area (Å²) in [6.07, 6.45) is 0.0203. The van der Waals surface area contributed by atoms with Crippen molar-refractivity contribution in [3.8, 4) is 11.6 Å². The van der Waals surface area contributed by atoms with E-state index in [-0.39, 0.29) is 29.2 Å². The molecule has 0 aliphatic heterocycles. The minimum atomic E-state index is -3.82. The fraction of sp³-hybridized carbons (Fsp3) is 0.250. The van der Waals surface area contributed by atoms with Crippen molar-refractivity contribution in [3.63, 3.8) is 0 Å². The molecule has 3 rings (SSSR count). The summed E-state index contributed by atoms with van der Waals surface area (Å²) in [6, 6.07) is 12.2. The molecule has 13 heteroatoms. The summed E-state index contributed by atoms with van der Waals surface area (Å²) in [5, 5.41) is 34.5. The van der Waals surface area contributed by atoms with Crippen LogP contribution < -0.4 is 10.6 Å².